The first kappa shape index (κ1) is 16.6. The zero-order chi connectivity index (χ0) is 18.1. The molecule has 0 bridgehead atoms. The molecule has 4 rings (SSSR count). The van der Waals surface area contributed by atoms with E-state index >= 15 is 0 Å². The Hall–Kier alpha value is -2.91. The molecular weight excluding hydrogens is 373 g/mol. The molecule has 1 N–H and O–H groups in total. The largest absolute Gasteiger partial charge is 0.297 e. The monoisotopic (exact) mass is 385 g/mol. The van der Waals surface area contributed by atoms with E-state index < -0.39 is 5.91 Å². The molecule has 9 heteroatoms. The van der Waals surface area contributed by atoms with E-state index in [2.05, 4.69) is 20.4 Å². The SMILES string of the molecule is Cc1cnc(NC(=O)c2nc(-c3cccs3)n(-c3ccc(F)cc3)n2)s1. The van der Waals surface area contributed by atoms with Crippen molar-refractivity contribution in [1.29, 1.82) is 0 Å². The number of anilines is 1. The second-order valence-electron chi connectivity index (χ2n) is 5.35. The first-order valence-electron chi connectivity index (χ1n) is 7.61. The maximum absolute atomic E-state index is 13.2. The molecule has 0 fully saturated rings. The molecule has 0 aliphatic rings. The third-order valence-electron chi connectivity index (χ3n) is 3.46. The van der Waals surface area contributed by atoms with Gasteiger partial charge in [-0.25, -0.2) is 19.0 Å². The van der Waals surface area contributed by atoms with Gasteiger partial charge in [-0.15, -0.1) is 27.8 Å². The number of carbonyl (C=O) groups excluding carboxylic acids is 1. The Kier molecular flexibility index (Phi) is 4.31. The Bertz CT molecular complexity index is 1050. The number of thiophene rings is 1. The maximum atomic E-state index is 13.2. The second kappa shape index (κ2) is 6.77. The topological polar surface area (TPSA) is 72.7 Å². The summed E-state index contributed by atoms with van der Waals surface area (Å²) in [5.74, 6) is -0.251. The van der Waals surface area contributed by atoms with Gasteiger partial charge < -0.3 is 0 Å². The highest BCUT2D eigenvalue weighted by atomic mass is 32.1. The third-order valence-corrected chi connectivity index (χ3v) is 5.16. The van der Waals surface area contributed by atoms with Crippen LogP contribution in [-0.2, 0) is 0 Å². The van der Waals surface area contributed by atoms with E-state index in [-0.39, 0.29) is 11.6 Å². The number of thiazole rings is 1. The van der Waals surface area contributed by atoms with Gasteiger partial charge in [0.05, 0.1) is 10.6 Å². The molecule has 0 saturated carbocycles. The van der Waals surface area contributed by atoms with E-state index in [4.69, 9.17) is 0 Å². The van der Waals surface area contributed by atoms with Crippen LogP contribution in [0.5, 0.6) is 0 Å². The van der Waals surface area contributed by atoms with Gasteiger partial charge >= 0.3 is 0 Å². The predicted octanol–water partition coefficient (Wildman–Crippen LogP) is 4.15. The number of halogens is 1. The van der Waals surface area contributed by atoms with Crippen LogP contribution in [0.2, 0.25) is 0 Å². The van der Waals surface area contributed by atoms with Crippen LogP contribution in [-0.4, -0.2) is 25.7 Å². The number of hydrogen-bond acceptors (Lipinski definition) is 6. The fraction of sp³-hybridized carbons (Fsp3) is 0.0588. The van der Waals surface area contributed by atoms with Crippen LogP contribution < -0.4 is 5.32 Å². The highest BCUT2D eigenvalue weighted by Gasteiger charge is 2.20. The van der Waals surface area contributed by atoms with Crippen molar-refractivity contribution in [3.8, 4) is 16.4 Å². The summed E-state index contributed by atoms with van der Waals surface area (Å²) in [6.45, 7) is 1.91. The fourth-order valence-corrected chi connectivity index (χ4v) is 3.66. The lowest BCUT2D eigenvalue weighted by atomic mass is 10.3. The lowest BCUT2D eigenvalue weighted by Gasteiger charge is -2.03. The minimum Gasteiger partial charge on any atom is -0.295 e. The number of benzene rings is 1. The molecule has 4 aromatic rings. The van der Waals surface area contributed by atoms with Crippen LogP contribution in [0.3, 0.4) is 0 Å². The van der Waals surface area contributed by atoms with Gasteiger partial charge in [-0.3, -0.25) is 10.1 Å². The summed E-state index contributed by atoms with van der Waals surface area (Å²) in [5, 5.41) is 9.43. The summed E-state index contributed by atoms with van der Waals surface area (Å²) in [6.07, 6.45) is 1.68. The van der Waals surface area contributed by atoms with Crippen LogP contribution in [0.1, 0.15) is 15.5 Å². The van der Waals surface area contributed by atoms with Crippen molar-refractivity contribution in [2.75, 3.05) is 5.32 Å². The Morgan fingerprint density at radius 3 is 2.69 bits per heavy atom. The van der Waals surface area contributed by atoms with Gasteiger partial charge in [0.25, 0.3) is 5.91 Å². The van der Waals surface area contributed by atoms with Crippen molar-refractivity contribution in [1.82, 2.24) is 19.7 Å². The molecule has 0 aliphatic heterocycles. The van der Waals surface area contributed by atoms with Crippen molar-refractivity contribution >= 4 is 33.7 Å². The number of nitrogens with one attached hydrogen (secondary N) is 1. The minimum absolute atomic E-state index is 0.0191. The maximum Gasteiger partial charge on any atom is 0.297 e. The van der Waals surface area contributed by atoms with E-state index in [1.165, 1.54) is 39.5 Å². The first-order valence-corrected chi connectivity index (χ1v) is 9.30. The Morgan fingerprint density at radius 2 is 2.04 bits per heavy atom. The summed E-state index contributed by atoms with van der Waals surface area (Å²) < 4.78 is 14.8. The smallest absolute Gasteiger partial charge is 0.295 e. The Labute approximate surface area is 156 Å². The summed E-state index contributed by atoms with van der Waals surface area (Å²) >= 11 is 2.85. The summed E-state index contributed by atoms with van der Waals surface area (Å²) in [5.41, 5.74) is 0.617. The zero-order valence-corrected chi connectivity index (χ0v) is 15.1. The van der Waals surface area contributed by atoms with E-state index in [1.807, 2.05) is 24.4 Å². The number of aryl methyl sites for hydroxylation is 1. The van der Waals surface area contributed by atoms with Crippen molar-refractivity contribution in [2.45, 2.75) is 6.92 Å². The molecular formula is C17H12FN5OS2. The number of amides is 1. The first-order chi connectivity index (χ1) is 12.6. The second-order valence-corrected chi connectivity index (χ2v) is 7.54. The number of carbonyl (C=O) groups is 1. The average Bonchev–Trinajstić information content (AvgIpc) is 3.35. The lowest BCUT2D eigenvalue weighted by molar-refractivity contribution is 0.101. The number of rotatable bonds is 4. The molecule has 0 aliphatic carbocycles. The molecule has 6 nitrogen and oxygen atoms in total. The van der Waals surface area contributed by atoms with Crippen LogP contribution >= 0.6 is 22.7 Å². The van der Waals surface area contributed by atoms with E-state index in [9.17, 15) is 9.18 Å². The molecule has 26 heavy (non-hydrogen) atoms. The number of aromatic nitrogens is 4. The van der Waals surface area contributed by atoms with E-state index in [0.717, 1.165) is 9.75 Å². The normalized spacial score (nSPS) is 10.8. The molecule has 3 heterocycles. The molecule has 1 amide bonds. The molecule has 0 radical (unpaired) electrons. The van der Waals surface area contributed by atoms with Gasteiger partial charge in [0.1, 0.15) is 5.82 Å². The predicted molar refractivity (Wildman–Crippen MR) is 99.4 cm³/mol. The average molecular weight is 385 g/mol. The standard InChI is InChI=1S/C17H12FN5OS2/c1-10-9-19-17(26-10)21-16(24)14-20-15(13-3-2-8-25-13)23(22-14)12-6-4-11(18)5-7-12/h2-9H,1H3,(H,19,21,24). The number of nitrogens with zero attached hydrogens (tertiary/aromatic N) is 4. The lowest BCUT2D eigenvalue weighted by Crippen LogP contribution is -2.14. The van der Waals surface area contributed by atoms with Gasteiger partial charge in [0, 0.05) is 11.1 Å². The summed E-state index contributed by atoms with van der Waals surface area (Å²) in [7, 11) is 0. The van der Waals surface area contributed by atoms with Crippen LogP contribution in [0, 0.1) is 12.7 Å². The van der Waals surface area contributed by atoms with Crippen molar-refractivity contribution in [2.24, 2.45) is 0 Å². The Balaban J connectivity index is 1.73. The van der Waals surface area contributed by atoms with E-state index in [0.29, 0.717) is 16.6 Å². The summed E-state index contributed by atoms with van der Waals surface area (Å²) in [4.78, 5) is 22.8. The molecule has 0 saturated heterocycles. The molecule has 0 atom stereocenters. The number of hydrogen-bond donors (Lipinski definition) is 1. The quantitative estimate of drug-likeness (QED) is 0.573. The zero-order valence-electron chi connectivity index (χ0n) is 13.5. The molecule has 0 unspecified atom stereocenters. The van der Waals surface area contributed by atoms with Gasteiger partial charge in [-0.1, -0.05) is 6.07 Å². The van der Waals surface area contributed by atoms with Crippen LogP contribution in [0.15, 0.2) is 48.0 Å². The third kappa shape index (κ3) is 3.26. The van der Waals surface area contributed by atoms with Crippen LogP contribution in [0.4, 0.5) is 9.52 Å². The van der Waals surface area contributed by atoms with Gasteiger partial charge in [0.15, 0.2) is 11.0 Å². The fourth-order valence-electron chi connectivity index (χ4n) is 2.30. The highest BCUT2D eigenvalue weighted by molar-refractivity contribution is 7.15. The van der Waals surface area contributed by atoms with Gasteiger partial charge in [-0.05, 0) is 42.6 Å². The Morgan fingerprint density at radius 1 is 1.23 bits per heavy atom. The molecule has 3 aromatic heterocycles. The minimum atomic E-state index is -0.446. The van der Waals surface area contributed by atoms with Crippen LogP contribution in [0.25, 0.3) is 16.4 Å². The van der Waals surface area contributed by atoms with Crippen molar-refractivity contribution in [3.63, 3.8) is 0 Å². The summed E-state index contributed by atoms with van der Waals surface area (Å²) in [6, 6.07) is 9.64. The molecule has 0 spiro atoms. The van der Waals surface area contributed by atoms with Crippen molar-refractivity contribution in [3.05, 3.63) is 64.5 Å². The van der Waals surface area contributed by atoms with Crippen molar-refractivity contribution < 1.29 is 9.18 Å². The van der Waals surface area contributed by atoms with Gasteiger partial charge in [0.2, 0.25) is 5.82 Å². The highest BCUT2D eigenvalue weighted by Crippen LogP contribution is 2.26. The molecule has 130 valence electrons. The molecule has 1 aromatic carbocycles. The van der Waals surface area contributed by atoms with E-state index in [1.54, 1.807) is 18.3 Å². The van der Waals surface area contributed by atoms with Gasteiger partial charge in [-0.2, -0.15) is 0 Å².